The molecule has 1 aromatic heterocycles. The summed E-state index contributed by atoms with van der Waals surface area (Å²) in [5.41, 5.74) is 2.57. The van der Waals surface area contributed by atoms with Gasteiger partial charge < -0.3 is 0 Å². The van der Waals surface area contributed by atoms with E-state index in [0.29, 0.717) is 10.9 Å². The first-order valence-corrected chi connectivity index (χ1v) is 13.2. The molecule has 1 nitrogen and oxygen atoms in total. The van der Waals surface area contributed by atoms with Crippen LogP contribution in [0.2, 0.25) is 0 Å². The predicted molar refractivity (Wildman–Crippen MR) is 159 cm³/mol. The van der Waals surface area contributed by atoms with Gasteiger partial charge in [-0.05, 0) is 71.9 Å². The van der Waals surface area contributed by atoms with E-state index in [1.807, 2.05) is 60.7 Å². The Balaban J connectivity index is 1.50. The quantitative estimate of drug-likeness (QED) is 0.121. The molecule has 0 N–H and O–H groups in total. The fourth-order valence-electron chi connectivity index (χ4n) is 6.42. The molecule has 0 radical (unpaired) electrons. The van der Waals surface area contributed by atoms with Gasteiger partial charge in [0.15, 0.2) is 0 Å². The first-order valence-electron chi connectivity index (χ1n) is 13.2. The molecule has 0 aliphatic heterocycles. The maximum absolute atomic E-state index is 14.9. The second-order valence-electron chi connectivity index (χ2n) is 10.4. The fourth-order valence-corrected chi connectivity index (χ4v) is 6.42. The number of rotatable bonds is 2. The number of fused-ring (bicyclic) bond motifs is 2. The minimum atomic E-state index is -4.51. The summed E-state index contributed by atoms with van der Waals surface area (Å²) in [6.45, 7) is 0. The van der Waals surface area contributed by atoms with E-state index in [4.69, 9.17) is 0 Å². The molecule has 8 aromatic rings. The van der Waals surface area contributed by atoms with Gasteiger partial charge in [0.2, 0.25) is 0 Å². The highest BCUT2D eigenvalue weighted by molar-refractivity contribution is 6.29. The lowest BCUT2D eigenvalue weighted by Gasteiger charge is -2.20. The van der Waals surface area contributed by atoms with Crippen LogP contribution in [0.15, 0.2) is 115 Å². The Bertz CT molecular complexity index is 2240. The van der Waals surface area contributed by atoms with Crippen molar-refractivity contribution in [3.05, 3.63) is 127 Å². The van der Waals surface area contributed by atoms with Crippen LogP contribution in [0.5, 0.6) is 0 Å². The molecule has 41 heavy (non-hydrogen) atoms. The molecule has 5 heteroatoms. The number of nitrogens with zero attached hydrogens (tertiary/aromatic N) is 1. The Morgan fingerprint density at radius 2 is 1.02 bits per heavy atom. The van der Waals surface area contributed by atoms with E-state index in [2.05, 4.69) is 35.3 Å². The van der Waals surface area contributed by atoms with Gasteiger partial charge in [0.05, 0.1) is 0 Å². The summed E-state index contributed by atoms with van der Waals surface area (Å²) in [5.74, 6) is -0.247. The Morgan fingerprint density at radius 3 is 1.61 bits per heavy atom. The molecular weight excluding hydrogens is 522 g/mol. The fraction of sp³-hybridized carbons (Fsp3) is 0.0278. The molecule has 0 saturated carbocycles. The molecule has 0 bridgehead atoms. The molecule has 0 amide bonds. The van der Waals surface area contributed by atoms with Crippen molar-refractivity contribution in [2.75, 3.05) is 0 Å². The Kier molecular flexibility index (Phi) is 4.93. The zero-order valence-electron chi connectivity index (χ0n) is 21.4. The molecule has 0 saturated heterocycles. The molecule has 0 aliphatic carbocycles. The van der Waals surface area contributed by atoms with E-state index in [9.17, 15) is 17.6 Å². The summed E-state index contributed by atoms with van der Waals surface area (Å²) in [5, 5.41) is 9.33. The van der Waals surface area contributed by atoms with E-state index in [1.54, 1.807) is 0 Å². The third-order valence-corrected chi connectivity index (χ3v) is 8.15. The van der Waals surface area contributed by atoms with Crippen LogP contribution in [0.3, 0.4) is 0 Å². The molecule has 0 fully saturated rings. The van der Waals surface area contributed by atoms with Crippen LogP contribution in [0, 0.1) is 5.82 Å². The monoisotopic (exact) mass is 541 g/mol. The van der Waals surface area contributed by atoms with Gasteiger partial charge in [-0.1, -0.05) is 97.1 Å². The highest BCUT2D eigenvalue weighted by atomic mass is 19.4. The van der Waals surface area contributed by atoms with Crippen LogP contribution in [-0.4, -0.2) is 4.98 Å². The Labute approximate surface area is 231 Å². The number of hydrogen-bond acceptors (Lipinski definition) is 1. The summed E-state index contributed by atoms with van der Waals surface area (Å²) in [6, 6.07) is 34.0. The maximum Gasteiger partial charge on any atom is 0.433 e. The van der Waals surface area contributed by atoms with Gasteiger partial charge >= 0.3 is 6.18 Å². The van der Waals surface area contributed by atoms with Crippen molar-refractivity contribution < 1.29 is 17.6 Å². The van der Waals surface area contributed by atoms with E-state index in [0.717, 1.165) is 71.2 Å². The zero-order valence-corrected chi connectivity index (χ0v) is 21.4. The number of hydrogen-bond donors (Lipinski definition) is 0. The molecule has 1 heterocycles. The normalized spacial score (nSPS) is 12.4. The van der Waals surface area contributed by atoms with Crippen LogP contribution in [0.25, 0.3) is 76.1 Å². The summed E-state index contributed by atoms with van der Waals surface area (Å²) in [7, 11) is 0. The van der Waals surface area contributed by atoms with Crippen LogP contribution in [-0.2, 0) is 6.18 Å². The third kappa shape index (κ3) is 3.45. The van der Waals surface area contributed by atoms with Gasteiger partial charge in [0.25, 0.3) is 0 Å². The zero-order chi connectivity index (χ0) is 27.9. The number of halogens is 4. The van der Waals surface area contributed by atoms with Crippen molar-refractivity contribution in [2.45, 2.75) is 6.18 Å². The van der Waals surface area contributed by atoms with Crippen molar-refractivity contribution >= 4 is 53.9 Å². The van der Waals surface area contributed by atoms with Crippen molar-refractivity contribution in [2.24, 2.45) is 0 Å². The van der Waals surface area contributed by atoms with Gasteiger partial charge in [0, 0.05) is 22.5 Å². The molecule has 7 aromatic carbocycles. The van der Waals surface area contributed by atoms with E-state index in [1.165, 1.54) is 18.3 Å². The predicted octanol–water partition coefficient (Wildman–Crippen LogP) is 10.8. The largest absolute Gasteiger partial charge is 0.433 e. The maximum atomic E-state index is 14.9. The summed E-state index contributed by atoms with van der Waals surface area (Å²) >= 11 is 0. The smallest absolute Gasteiger partial charge is 0.251 e. The highest BCUT2D eigenvalue weighted by Gasteiger charge is 2.32. The summed E-state index contributed by atoms with van der Waals surface area (Å²) in [6.07, 6.45) is -3.20. The van der Waals surface area contributed by atoms with E-state index >= 15 is 0 Å². The van der Waals surface area contributed by atoms with Crippen molar-refractivity contribution in [1.82, 2.24) is 4.98 Å². The van der Waals surface area contributed by atoms with Crippen LogP contribution >= 0.6 is 0 Å². The van der Waals surface area contributed by atoms with Crippen LogP contribution < -0.4 is 0 Å². The summed E-state index contributed by atoms with van der Waals surface area (Å²) < 4.78 is 54.8. The number of aromatic nitrogens is 1. The van der Waals surface area contributed by atoms with Crippen molar-refractivity contribution in [3.63, 3.8) is 0 Å². The SMILES string of the molecule is Fc1ccc2ccc3c(-c4c5ccccc5c(-c5ccc(C(F)(F)F)nc5)c5ccccc45)ccc4ccc1c2c43. The minimum Gasteiger partial charge on any atom is -0.251 e. The molecule has 0 unspecified atom stereocenters. The standard InChI is InChI=1S/C36H19F4N/c37-30-17-12-21-9-14-27-28(15-10-20-11-16-29(30)34(21)33(20)27)35-25-7-3-1-5-23(25)32(24-6-2-4-8-26(24)35)22-13-18-31(41-19-22)36(38,39)40/h1-19H. The third-order valence-electron chi connectivity index (χ3n) is 8.15. The number of benzene rings is 7. The number of pyridine rings is 1. The topological polar surface area (TPSA) is 12.9 Å². The molecule has 8 rings (SSSR count). The van der Waals surface area contributed by atoms with Gasteiger partial charge in [-0.15, -0.1) is 0 Å². The highest BCUT2D eigenvalue weighted by Crippen LogP contribution is 2.47. The van der Waals surface area contributed by atoms with Crippen molar-refractivity contribution in [3.8, 4) is 22.3 Å². The molecule has 0 aliphatic rings. The van der Waals surface area contributed by atoms with E-state index in [-0.39, 0.29) is 5.82 Å². The molecule has 0 atom stereocenters. The Hall–Kier alpha value is -5.03. The first-order chi connectivity index (χ1) is 19.9. The second-order valence-corrected chi connectivity index (χ2v) is 10.4. The Morgan fingerprint density at radius 1 is 0.488 bits per heavy atom. The lowest BCUT2D eigenvalue weighted by Crippen LogP contribution is -2.07. The van der Waals surface area contributed by atoms with Gasteiger partial charge in [-0.25, -0.2) is 4.39 Å². The lowest BCUT2D eigenvalue weighted by atomic mass is 9.83. The summed E-state index contributed by atoms with van der Waals surface area (Å²) in [4.78, 5) is 3.76. The van der Waals surface area contributed by atoms with Gasteiger partial charge in [-0.3, -0.25) is 4.98 Å². The average Bonchev–Trinajstić information content (AvgIpc) is 2.99. The second kappa shape index (κ2) is 8.48. The van der Waals surface area contributed by atoms with Crippen molar-refractivity contribution in [1.29, 1.82) is 0 Å². The average molecular weight is 542 g/mol. The molecule has 196 valence electrons. The van der Waals surface area contributed by atoms with E-state index < -0.39 is 11.9 Å². The lowest BCUT2D eigenvalue weighted by molar-refractivity contribution is -0.141. The minimum absolute atomic E-state index is 0.247. The van der Waals surface area contributed by atoms with Gasteiger partial charge in [0.1, 0.15) is 11.5 Å². The first kappa shape index (κ1) is 23.8. The van der Waals surface area contributed by atoms with Gasteiger partial charge in [-0.2, -0.15) is 13.2 Å². The molecule has 0 spiro atoms. The van der Waals surface area contributed by atoms with Crippen LogP contribution in [0.4, 0.5) is 17.6 Å². The molecular formula is C36H19F4N. The van der Waals surface area contributed by atoms with Crippen LogP contribution in [0.1, 0.15) is 5.69 Å². The number of alkyl halides is 3.